The molecule has 0 heterocycles. The summed E-state index contributed by atoms with van der Waals surface area (Å²) < 4.78 is 33.9. The Kier molecular flexibility index (Phi) is 11.3. The van der Waals surface area contributed by atoms with Crippen LogP contribution in [0, 0.1) is 0 Å². The Morgan fingerprint density at radius 2 is 1.56 bits per heavy atom. The molecule has 3 aromatic carbocycles. The van der Waals surface area contributed by atoms with Crippen LogP contribution in [0.15, 0.2) is 71.6 Å². The number of carbonyl (C=O) groups is 2. The van der Waals surface area contributed by atoms with E-state index in [1.54, 1.807) is 43.3 Å². The van der Waals surface area contributed by atoms with Gasteiger partial charge in [0.05, 0.1) is 22.7 Å². The Balaban J connectivity index is 2.09. The molecule has 0 unspecified atom stereocenters. The summed E-state index contributed by atoms with van der Waals surface area (Å²) in [5.41, 5.74) is 0.567. The zero-order valence-corrected chi connectivity index (χ0v) is 26.2. The van der Waals surface area contributed by atoms with Crippen molar-refractivity contribution in [3.8, 4) is 5.75 Å². The summed E-state index contributed by atoms with van der Waals surface area (Å²) >= 11 is 19.2. The molecule has 12 heteroatoms. The van der Waals surface area contributed by atoms with E-state index >= 15 is 0 Å². The molecule has 1 N–H and O–H groups in total. The van der Waals surface area contributed by atoms with Gasteiger partial charge in [0.2, 0.25) is 11.8 Å². The molecule has 0 fully saturated rings. The van der Waals surface area contributed by atoms with Crippen LogP contribution >= 0.6 is 34.8 Å². The van der Waals surface area contributed by atoms with Gasteiger partial charge in [-0.3, -0.25) is 13.9 Å². The lowest BCUT2D eigenvalue weighted by Gasteiger charge is -2.33. The van der Waals surface area contributed by atoms with E-state index in [-0.39, 0.29) is 28.2 Å². The van der Waals surface area contributed by atoms with Gasteiger partial charge in [-0.1, -0.05) is 66.0 Å². The van der Waals surface area contributed by atoms with Crippen molar-refractivity contribution in [3.05, 3.63) is 87.4 Å². The highest BCUT2D eigenvalue weighted by molar-refractivity contribution is 7.92. The number of hydrogen-bond donors (Lipinski definition) is 1. The number of benzene rings is 3. The second kappa shape index (κ2) is 14.3. The minimum atomic E-state index is -4.24. The van der Waals surface area contributed by atoms with Crippen LogP contribution in [0.3, 0.4) is 0 Å². The largest absolute Gasteiger partial charge is 0.495 e. The number of sulfonamides is 1. The van der Waals surface area contributed by atoms with Gasteiger partial charge < -0.3 is 15.0 Å². The van der Waals surface area contributed by atoms with E-state index in [0.29, 0.717) is 27.8 Å². The molecule has 220 valence electrons. The predicted octanol–water partition coefficient (Wildman–Crippen LogP) is 6.18. The van der Waals surface area contributed by atoms with Crippen LogP contribution in [0.25, 0.3) is 0 Å². The van der Waals surface area contributed by atoms with Gasteiger partial charge in [-0.2, -0.15) is 0 Å². The molecule has 0 aromatic heterocycles. The minimum Gasteiger partial charge on any atom is -0.495 e. The van der Waals surface area contributed by atoms with Crippen molar-refractivity contribution in [3.63, 3.8) is 0 Å². The molecule has 41 heavy (non-hydrogen) atoms. The topological polar surface area (TPSA) is 96.0 Å². The summed E-state index contributed by atoms with van der Waals surface area (Å²) in [5.74, 6) is -0.718. The Bertz CT molecular complexity index is 1470. The lowest BCUT2D eigenvalue weighted by Crippen LogP contribution is -2.52. The van der Waals surface area contributed by atoms with E-state index in [9.17, 15) is 18.0 Å². The Labute approximate surface area is 256 Å². The molecule has 2 atom stereocenters. The number of carbonyl (C=O) groups excluding carboxylic acids is 2. The first-order valence-electron chi connectivity index (χ1n) is 12.8. The van der Waals surface area contributed by atoms with Crippen LogP contribution in [0.2, 0.25) is 15.1 Å². The molecule has 3 aromatic rings. The number of nitrogens with zero attached hydrogens (tertiary/aromatic N) is 2. The average molecular weight is 641 g/mol. The van der Waals surface area contributed by atoms with Crippen molar-refractivity contribution in [2.45, 2.75) is 50.7 Å². The highest BCUT2D eigenvalue weighted by atomic mass is 35.5. The maximum absolute atomic E-state index is 14.0. The van der Waals surface area contributed by atoms with E-state index in [1.807, 2.05) is 13.8 Å². The summed E-state index contributed by atoms with van der Waals surface area (Å²) in [6.07, 6.45) is 0.685. The summed E-state index contributed by atoms with van der Waals surface area (Å²) in [5, 5.41) is 3.65. The van der Waals surface area contributed by atoms with Crippen LogP contribution in [-0.4, -0.2) is 50.9 Å². The molecule has 0 saturated heterocycles. The quantitative estimate of drug-likeness (QED) is 0.255. The fraction of sp³-hybridized carbons (Fsp3) is 0.310. The van der Waals surface area contributed by atoms with Gasteiger partial charge in [-0.25, -0.2) is 8.42 Å². The molecular weight excluding hydrogens is 609 g/mol. The average Bonchev–Trinajstić information content (AvgIpc) is 2.95. The third kappa shape index (κ3) is 7.86. The van der Waals surface area contributed by atoms with Crippen LogP contribution in [-0.2, 0) is 26.2 Å². The van der Waals surface area contributed by atoms with Gasteiger partial charge >= 0.3 is 0 Å². The van der Waals surface area contributed by atoms with Gasteiger partial charge in [0, 0.05) is 28.2 Å². The summed E-state index contributed by atoms with van der Waals surface area (Å²) in [6.45, 7) is 4.58. The summed E-state index contributed by atoms with van der Waals surface area (Å²) in [4.78, 5) is 28.5. The molecule has 0 aliphatic heterocycles. The van der Waals surface area contributed by atoms with Crippen molar-refractivity contribution >= 4 is 62.3 Å². The first-order chi connectivity index (χ1) is 19.4. The van der Waals surface area contributed by atoms with Crippen molar-refractivity contribution in [1.29, 1.82) is 0 Å². The number of anilines is 1. The molecule has 0 spiro atoms. The SMILES string of the molecule is CC[C@@H](C)NC(=O)[C@@H](C)N(Cc1c(Cl)cccc1Cl)C(=O)CN(c1ccc(OC)c(Cl)c1)S(=O)(=O)c1ccccc1. The number of nitrogens with one attached hydrogen (secondary N) is 1. The molecule has 3 rings (SSSR count). The smallest absolute Gasteiger partial charge is 0.264 e. The predicted molar refractivity (Wildman–Crippen MR) is 163 cm³/mol. The van der Waals surface area contributed by atoms with E-state index in [2.05, 4.69) is 5.32 Å². The second-order valence-corrected chi connectivity index (χ2v) is 12.4. The summed E-state index contributed by atoms with van der Waals surface area (Å²) in [6, 6.07) is 15.9. The van der Waals surface area contributed by atoms with Gasteiger partial charge in [0.15, 0.2) is 0 Å². The maximum Gasteiger partial charge on any atom is 0.264 e. The molecule has 0 radical (unpaired) electrons. The van der Waals surface area contributed by atoms with Crippen LogP contribution in [0.1, 0.15) is 32.8 Å². The number of halogens is 3. The number of rotatable bonds is 12. The highest BCUT2D eigenvalue weighted by Gasteiger charge is 2.33. The van der Waals surface area contributed by atoms with Gasteiger partial charge in [0.25, 0.3) is 10.0 Å². The van der Waals surface area contributed by atoms with Gasteiger partial charge in [0.1, 0.15) is 18.3 Å². The van der Waals surface area contributed by atoms with Crippen molar-refractivity contribution < 1.29 is 22.7 Å². The van der Waals surface area contributed by atoms with Crippen molar-refractivity contribution in [2.75, 3.05) is 18.0 Å². The lowest BCUT2D eigenvalue weighted by molar-refractivity contribution is -0.139. The van der Waals surface area contributed by atoms with Crippen molar-refractivity contribution in [2.24, 2.45) is 0 Å². The van der Waals surface area contributed by atoms with Gasteiger partial charge in [-0.05, 0) is 62.7 Å². The lowest BCUT2D eigenvalue weighted by atomic mass is 10.1. The second-order valence-electron chi connectivity index (χ2n) is 9.36. The van der Waals surface area contributed by atoms with E-state index in [0.717, 1.165) is 4.31 Å². The first-order valence-corrected chi connectivity index (χ1v) is 15.4. The molecule has 0 saturated carbocycles. The first kappa shape index (κ1) is 32.5. The normalized spacial score (nSPS) is 12.8. The van der Waals surface area contributed by atoms with Crippen LogP contribution in [0.4, 0.5) is 5.69 Å². The number of ether oxygens (including phenoxy) is 1. The number of methoxy groups -OCH3 is 1. The molecular formula is C29H32Cl3N3O5S. The fourth-order valence-corrected chi connectivity index (χ4v) is 6.16. The standard InChI is InChI=1S/C29H32Cl3N3O5S/c1-5-19(2)33-29(37)20(3)34(17-23-24(30)12-9-13-25(23)31)28(36)18-35(21-14-15-27(40-4)26(32)16-21)41(38,39)22-10-7-6-8-11-22/h6-16,19-20H,5,17-18H2,1-4H3,(H,33,37)/t19-,20-/m1/s1. The Hall–Kier alpha value is -2.98. The van der Waals surface area contributed by atoms with Crippen LogP contribution in [0.5, 0.6) is 5.75 Å². The molecule has 8 nitrogen and oxygen atoms in total. The minimum absolute atomic E-state index is 0.0250. The third-order valence-corrected chi connectivity index (χ3v) is 9.38. The van der Waals surface area contributed by atoms with E-state index in [4.69, 9.17) is 39.5 Å². The van der Waals surface area contributed by atoms with Gasteiger partial charge in [-0.15, -0.1) is 0 Å². The Morgan fingerprint density at radius 3 is 2.12 bits per heavy atom. The maximum atomic E-state index is 14.0. The van der Waals surface area contributed by atoms with Crippen LogP contribution < -0.4 is 14.4 Å². The monoisotopic (exact) mass is 639 g/mol. The number of hydrogen-bond acceptors (Lipinski definition) is 5. The Morgan fingerprint density at radius 1 is 0.927 bits per heavy atom. The van der Waals surface area contributed by atoms with E-state index < -0.39 is 34.4 Å². The third-order valence-electron chi connectivity index (χ3n) is 6.59. The molecule has 0 aliphatic carbocycles. The molecule has 0 aliphatic rings. The number of amides is 2. The fourth-order valence-electron chi connectivity index (χ4n) is 3.96. The molecule has 0 bridgehead atoms. The molecule has 2 amide bonds. The zero-order chi connectivity index (χ0) is 30.3. The highest BCUT2D eigenvalue weighted by Crippen LogP contribution is 2.33. The van der Waals surface area contributed by atoms with Crippen molar-refractivity contribution in [1.82, 2.24) is 10.2 Å². The zero-order valence-electron chi connectivity index (χ0n) is 23.1. The van der Waals surface area contributed by atoms with E-state index in [1.165, 1.54) is 42.3 Å². The summed E-state index contributed by atoms with van der Waals surface area (Å²) in [7, 11) is -2.81.